The number of amides is 1. The number of rotatable bonds is 5. The number of hydrogen-bond donors (Lipinski definition) is 0. The maximum absolute atomic E-state index is 13.8. The van der Waals surface area contributed by atoms with Crippen molar-refractivity contribution in [3.8, 4) is 0 Å². The van der Waals surface area contributed by atoms with Crippen molar-refractivity contribution >= 4 is 77.2 Å². The molecule has 0 atom stereocenters. The number of fused-ring (bicyclic) bond motifs is 2. The van der Waals surface area contributed by atoms with Crippen LogP contribution >= 0.6 is 45.9 Å². The van der Waals surface area contributed by atoms with Crippen LogP contribution in [0.3, 0.4) is 0 Å². The molecule has 3 heterocycles. The highest BCUT2D eigenvalue weighted by Gasteiger charge is 2.27. The molecule has 0 radical (unpaired) electrons. The van der Waals surface area contributed by atoms with Crippen LogP contribution in [0.4, 0.5) is 5.13 Å². The Morgan fingerprint density at radius 3 is 2.72 bits per heavy atom. The smallest absolute Gasteiger partial charge is 0.271 e. The van der Waals surface area contributed by atoms with Crippen LogP contribution in [0.15, 0.2) is 36.4 Å². The van der Waals surface area contributed by atoms with E-state index in [4.69, 9.17) is 32.9 Å². The van der Waals surface area contributed by atoms with E-state index in [1.165, 1.54) is 22.7 Å². The highest BCUT2D eigenvalue weighted by atomic mass is 35.5. The van der Waals surface area contributed by atoms with Crippen molar-refractivity contribution < 1.29 is 9.53 Å². The molecule has 0 aliphatic carbocycles. The normalized spacial score (nSPS) is 15.0. The molecular formula is C23H21Cl2N3O2S2. The lowest BCUT2D eigenvalue weighted by Gasteiger charge is -2.29. The van der Waals surface area contributed by atoms with E-state index < -0.39 is 0 Å². The van der Waals surface area contributed by atoms with Gasteiger partial charge in [-0.25, -0.2) is 4.98 Å². The fourth-order valence-electron chi connectivity index (χ4n) is 3.88. The number of carbonyl (C=O) groups is 1. The zero-order valence-electron chi connectivity index (χ0n) is 17.4. The number of morpholine rings is 1. The molecule has 1 aliphatic rings. The standard InChI is InChI=1S/C23H21Cl2N3O2S2/c1-14-12-15(24)13-18-20(14)26-23(32-18)28(7-6-27-8-10-30-11-9-27)22(29)21-19(25)16-4-2-3-5-17(16)31-21/h2-5,12-13H,6-11H2,1H3. The van der Waals surface area contributed by atoms with Gasteiger partial charge in [0.1, 0.15) is 4.88 Å². The minimum Gasteiger partial charge on any atom is -0.379 e. The van der Waals surface area contributed by atoms with Crippen LogP contribution in [0.1, 0.15) is 15.2 Å². The molecular weight excluding hydrogens is 485 g/mol. The second kappa shape index (κ2) is 9.25. The third-order valence-electron chi connectivity index (χ3n) is 5.59. The number of carbonyl (C=O) groups excluding carboxylic acids is 1. The maximum Gasteiger partial charge on any atom is 0.271 e. The summed E-state index contributed by atoms with van der Waals surface area (Å²) in [5, 5.41) is 2.75. The number of ether oxygens (including phenoxy) is 1. The van der Waals surface area contributed by atoms with Crippen molar-refractivity contribution in [1.29, 1.82) is 0 Å². The number of nitrogens with zero attached hydrogens (tertiary/aromatic N) is 3. The molecule has 0 spiro atoms. The summed E-state index contributed by atoms with van der Waals surface area (Å²) in [5.74, 6) is -0.118. The van der Waals surface area contributed by atoms with E-state index >= 15 is 0 Å². The third kappa shape index (κ3) is 4.25. The van der Waals surface area contributed by atoms with Gasteiger partial charge in [-0.2, -0.15) is 0 Å². The van der Waals surface area contributed by atoms with E-state index in [-0.39, 0.29) is 5.91 Å². The van der Waals surface area contributed by atoms with Crippen molar-refractivity contribution in [2.24, 2.45) is 0 Å². The summed E-state index contributed by atoms with van der Waals surface area (Å²) in [4.78, 5) is 23.2. The van der Waals surface area contributed by atoms with Gasteiger partial charge in [0.25, 0.3) is 5.91 Å². The molecule has 2 aromatic carbocycles. The van der Waals surface area contributed by atoms with Crippen molar-refractivity contribution in [1.82, 2.24) is 9.88 Å². The van der Waals surface area contributed by atoms with E-state index in [0.717, 1.165) is 58.7 Å². The molecule has 0 saturated carbocycles. The number of thiophene rings is 1. The largest absolute Gasteiger partial charge is 0.379 e. The van der Waals surface area contributed by atoms with E-state index in [9.17, 15) is 4.79 Å². The molecule has 4 aromatic rings. The molecule has 1 aliphatic heterocycles. The number of halogens is 2. The van der Waals surface area contributed by atoms with Gasteiger partial charge in [-0.15, -0.1) is 11.3 Å². The van der Waals surface area contributed by atoms with Gasteiger partial charge in [0, 0.05) is 41.3 Å². The van der Waals surface area contributed by atoms with Crippen molar-refractivity contribution in [3.05, 3.63) is 56.9 Å². The van der Waals surface area contributed by atoms with Gasteiger partial charge in [0.2, 0.25) is 0 Å². The van der Waals surface area contributed by atoms with Crippen LogP contribution in [-0.2, 0) is 4.74 Å². The van der Waals surface area contributed by atoms with Gasteiger partial charge >= 0.3 is 0 Å². The first-order valence-corrected chi connectivity index (χ1v) is 12.8. The van der Waals surface area contributed by atoms with Gasteiger partial charge in [-0.05, 0) is 30.7 Å². The molecule has 1 amide bonds. The Balaban J connectivity index is 1.53. The first-order chi connectivity index (χ1) is 15.5. The van der Waals surface area contributed by atoms with Gasteiger partial charge in [0.15, 0.2) is 5.13 Å². The van der Waals surface area contributed by atoms with Crippen LogP contribution in [0.2, 0.25) is 10.0 Å². The molecule has 32 heavy (non-hydrogen) atoms. The first kappa shape index (κ1) is 22.1. The number of anilines is 1. The summed E-state index contributed by atoms with van der Waals surface area (Å²) in [6.07, 6.45) is 0. The fourth-order valence-corrected chi connectivity index (χ4v) is 6.79. The van der Waals surface area contributed by atoms with E-state index in [0.29, 0.717) is 26.6 Å². The molecule has 0 unspecified atom stereocenters. The van der Waals surface area contributed by atoms with Crippen LogP contribution in [0.25, 0.3) is 20.3 Å². The summed E-state index contributed by atoms with van der Waals surface area (Å²) in [7, 11) is 0. The van der Waals surface area contributed by atoms with Crippen LogP contribution in [0, 0.1) is 6.92 Å². The van der Waals surface area contributed by atoms with Crippen LogP contribution < -0.4 is 4.90 Å². The molecule has 1 saturated heterocycles. The minimum absolute atomic E-state index is 0.118. The first-order valence-electron chi connectivity index (χ1n) is 10.4. The monoisotopic (exact) mass is 505 g/mol. The summed E-state index contributed by atoms with van der Waals surface area (Å²) < 4.78 is 7.43. The molecule has 5 nitrogen and oxygen atoms in total. The van der Waals surface area contributed by atoms with Gasteiger partial charge in [-0.1, -0.05) is 52.7 Å². The average molecular weight is 506 g/mol. The Labute approximate surface area is 204 Å². The van der Waals surface area contributed by atoms with Crippen LogP contribution in [0.5, 0.6) is 0 Å². The zero-order chi connectivity index (χ0) is 22.2. The summed E-state index contributed by atoms with van der Waals surface area (Å²) in [6.45, 7) is 6.41. The van der Waals surface area contributed by atoms with Gasteiger partial charge in [0.05, 0.1) is 28.5 Å². The van der Waals surface area contributed by atoms with Crippen molar-refractivity contribution in [2.75, 3.05) is 44.3 Å². The van der Waals surface area contributed by atoms with E-state index in [2.05, 4.69) is 4.90 Å². The Bertz CT molecular complexity index is 1300. The molecule has 1 fully saturated rings. The molecule has 5 rings (SSSR count). The van der Waals surface area contributed by atoms with Gasteiger partial charge in [-0.3, -0.25) is 14.6 Å². The topological polar surface area (TPSA) is 45.7 Å². The second-order valence-electron chi connectivity index (χ2n) is 7.72. The lowest BCUT2D eigenvalue weighted by molar-refractivity contribution is 0.0391. The summed E-state index contributed by atoms with van der Waals surface area (Å²) in [5.41, 5.74) is 1.87. The van der Waals surface area contributed by atoms with Crippen molar-refractivity contribution in [3.63, 3.8) is 0 Å². The molecule has 9 heteroatoms. The number of thiazole rings is 1. The molecule has 166 valence electrons. The highest BCUT2D eigenvalue weighted by Crippen LogP contribution is 2.38. The summed E-state index contributed by atoms with van der Waals surface area (Å²) in [6, 6.07) is 11.6. The maximum atomic E-state index is 13.8. The predicted octanol–water partition coefficient (Wildman–Crippen LogP) is 6.11. The Hall–Kier alpha value is -1.74. The Kier molecular flexibility index (Phi) is 6.38. The number of hydrogen-bond acceptors (Lipinski definition) is 6. The molecule has 0 bridgehead atoms. The Morgan fingerprint density at radius 2 is 1.94 bits per heavy atom. The zero-order valence-corrected chi connectivity index (χ0v) is 20.6. The second-order valence-corrected chi connectivity index (χ2v) is 10.6. The lowest BCUT2D eigenvalue weighted by Crippen LogP contribution is -2.43. The van der Waals surface area contributed by atoms with Crippen LogP contribution in [-0.4, -0.2) is 55.2 Å². The molecule has 0 N–H and O–H groups in total. The van der Waals surface area contributed by atoms with Crippen molar-refractivity contribution in [2.45, 2.75) is 6.92 Å². The average Bonchev–Trinajstić information content (AvgIpc) is 3.36. The number of benzene rings is 2. The molecule has 2 aromatic heterocycles. The number of aryl methyl sites for hydroxylation is 1. The lowest BCUT2D eigenvalue weighted by atomic mass is 10.2. The van der Waals surface area contributed by atoms with Gasteiger partial charge < -0.3 is 4.74 Å². The number of aromatic nitrogens is 1. The fraction of sp³-hybridized carbons (Fsp3) is 0.304. The summed E-state index contributed by atoms with van der Waals surface area (Å²) >= 11 is 15.8. The minimum atomic E-state index is -0.118. The quantitative estimate of drug-likeness (QED) is 0.328. The predicted molar refractivity (Wildman–Crippen MR) is 135 cm³/mol. The van der Waals surface area contributed by atoms with E-state index in [1.807, 2.05) is 43.3 Å². The highest BCUT2D eigenvalue weighted by molar-refractivity contribution is 7.23. The third-order valence-corrected chi connectivity index (χ3v) is 8.49. The SMILES string of the molecule is Cc1cc(Cl)cc2sc(N(CCN3CCOCC3)C(=O)c3sc4ccccc4c3Cl)nc12. The van der Waals surface area contributed by atoms with E-state index in [1.54, 1.807) is 4.90 Å². The Morgan fingerprint density at radius 1 is 1.16 bits per heavy atom.